The Morgan fingerprint density at radius 3 is 2.88 bits per heavy atom. The van der Waals surface area contributed by atoms with E-state index < -0.39 is 5.97 Å². The zero-order chi connectivity index (χ0) is 12.3. The maximum absolute atomic E-state index is 10.6. The summed E-state index contributed by atoms with van der Waals surface area (Å²) in [5.74, 6) is 0.246. The molecule has 0 aliphatic heterocycles. The van der Waals surface area contributed by atoms with Crippen molar-refractivity contribution in [3.05, 3.63) is 35.7 Å². The number of hydrogen-bond acceptors (Lipinski definition) is 6. The fourth-order valence-electron chi connectivity index (χ4n) is 1.14. The first-order chi connectivity index (χ1) is 8.15. The molecule has 0 saturated carbocycles. The Hall–Kier alpha value is -2.44. The number of ether oxygens (including phenoxy) is 1. The van der Waals surface area contributed by atoms with Crippen LogP contribution >= 0.6 is 0 Å². The molecule has 0 aliphatic carbocycles. The number of nitrogens with zero attached hydrogens (tertiary/aromatic N) is 3. The van der Waals surface area contributed by atoms with Crippen molar-refractivity contribution < 1.29 is 19.2 Å². The summed E-state index contributed by atoms with van der Waals surface area (Å²) in [6.45, 7) is 1.82. The topological polar surface area (TPSA) is 98.3 Å². The van der Waals surface area contributed by atoms with Gasteiger partial charge in [0.1, 0.15) is 11.4 Å². The first-order valence-corrected chi connectivity index (χ1v) is 4.76. The van der Waals surface area contributed by atoms with Crippen molar-refractivity contribution in [1.29, 1.82) is 0 Å². The van der Waals surface area contributed by atoms with Crippen molar-refractivity contribution in [3.63, 3.8) is 0 Å². The third kappa shape index (κ3) is 2.77. The van der Waals surface area contributed by atoms with Gasteiger partial charge in [-0.1, -0.05) is 5.16 Å². The Balaban J connectivity index is 1.97. The van der Waals surface area contributed by atoms with E-state index in [4.69, 9.17) is 14.4 Å². The number of rotatable bonds is 4. The number of aryl methyl sites for hydroxylation is 1. The Kier molecular flexibility index (Phi) is 2.99. The number of carbonyl (C=O) groups is 1. The van der Waals surface area contributed by atoms with Crippen LogP contribution in [0.5, 0.6) is 5.75 Å². The lowest BCUT2D eigenvalue weighted by molar-refractivity contribution is 0.0690. The normalized spacial score (nSPS) is 10.2. The highest BCUT2D eigenvalue weighted by molar-refractivity contribution is 5.85. The van der Waals surface area contributed by atoms with Gasteiger partial charge in [-0.25, -0.2) is 9.78 Å². The predicted octanol–water partition coefficient (Wildman–Crippen LogP) is 1.05. The molecule has 1 N–H and O–H groups in total. The highest BCUT2D eigenvalue weighted by atomic mass is 16.5. The average Bonchev–Trinajstić information content (AvgIpc) is 2.73. The first kappa shape index (κ1) is 11.1. The maximum Gasteiger partial charge on any atom is 0.354 e. The number of aromatic carboxylic acids is 1. The van der Waals surface area contributed by atoms with E-state index in [-0.39, 0.29) is 12.3 Å². The minimum absolute atomic E-state index is 0.0345. The van der Waals surface area contributed by atoms with Crippen molar-refractivity contribution >= 4 is 5.97 Å². The lowest BCUT2D eigenvalue weighted by Gasteiger charge is -2.02. The van der Waals surface area contributed by atoms with Gasteiger partial charge in [0.15, 0.2) is 6.61 Å². The van der Waals surface area contributed by atoms with Gasteiger partial charge >= 0.3 is 5.97 Å². The van der Waals surface area contributed by atoms with Crippen molar-refractivity contribution in [2.45, 2.75) is 13.5 Å². The summed E-state index contributed by atoms with van der Waals surface area (Å²) in [5.41, 5.74) is -0.0345. The molecule has 0 radical (unpaired) electrons. The van der Waals surface area contributed by atoms with Crippen molar-refractivity contribution in [2.24, 2.45) is 0 Å². The van der Waals surface area contributed by atoms with Gasteiger partial charge in [0.05, 0.1) is 6.20 Å². The number of carboxylic acids is 1. The third-order valence-electron chi connectivity index (χ3n) is 1.89. The van der Waals surface area contributed by atoms with E-state index in [9.17, 15) is 4.79 Å². The summed E-state index contributed by atoms with van der Waals surface area (Å²) in [4.78, 5) is 18.2. The van der Waals surface area contributed by atoms with Crippen LogP contribution in [0, 0.1) is 6.92 Å². The van der Waals surface area contributed by atoms with Gasteiger partial charge < -0.3 is 14.4 Å². The highest BCUT2D eigenvalue weighted by Gasteiger charge is 2.06. The van der Waals surface area contributed by atoms with E-state index in [2.05, 4.69) is 15.1 Å². The number of hydrogen-bond donors (Lipinski definition) is 1. The van der Waals surface area contributed by atoms with E-state index in [1.165, 1.54) is 18.3 Å². The SMILES string of the molecule is Cc1nc(COc2ccc(C(=O)O)nc2)no1. The number of carboxylic acid groups (broad SMARTS) is 1. The summed E-state index contributed by atoms with van der Waals surface area (Å²) < 4.78 is 10.1. The smallest absolute Gasteiger partial charge is 0.354 e. The molecule has 0 saturated heterocycles. The van der Waals surface area contributed by atoms with Gasteiger partial charge in [-0.15, -0.1) is 0 Å². The van der Waals surface area contributed by atoms with Gasteiger partial charge in [0, 0.05) is 6.92 Å². The van der Waals surface area contributed by atoms with Gasteiger partial charge in [-0.2, -0.15) is 4.98 Å². The summed E-state index contributed by atoms with van der Waals surface area (Å²) in [5, 5.41) is 12.3. The van der Waals surface area contributed by atoms with Gasteiger partial charge in [-0.05, 0) is 12.1 Å². The molecule has 0 aromatic carbocycles. The Labute approximate surface area is 96.1 Å². The van der Waals surface area contributed by atoms with Gasteiger partial charge in [-0.3, -0.25) is 0 Å². The minimum atomic E-state index is -1.08. The van der Waals surface area contributed by atoms with Crippen LogP contribution in [0.2, 0.25) is 0 Å². The van der Waals surface area contributed by atoms with Crippen LogP contribution in [-0.4, -0.2) is 26.2 Å². The highest BCUT2D eigenvalue weighted by Crippen LogP contribution is 2.10. The molecule has 7 heteroatoms. The standard InChI is InChI=1S/C10H9N3O4/c1-6-12-9(13-17-6)5-16-7-2-3-8(10(14)15)11-4-7/h2-4H,5H2,1H3,(H,14,15). The first-order valence-electron chi connectivity index (χ1n) is 4.76. The van der Waals surface area contributed by atoms with E-state index in [0.717, 1.165) is 0 Å². The summed E-state index contributed by atoms with van der Waals surface area (Å²) in [6.07, 6.45) is 1.33. The van der Waals surface area contributed by atoms with Crippen molar-refractivity contribution in [1.82, 2.24) is 15.1 Å². The van der Waals surface area contributed by atoms with Crippen LogP contribution in [-0.2, 0) is 6.61 Å². The Morgan fingerprint density at radius 2 is 2.35 bits per heavy atom. The largest absolute Gasteiger partial charge is 0.484 e. The van der Waals surface area contributed by atoms with Crippen molar-refractivity contribution in [3.8, 4) is 5.75 Å². The molecule has 0 amide bonds. The van der Waals surface area contributed by atoms with E-state index in [1.54, 1.807) is 6.92 Å². The molecule has 7 nitrogen and oxygen atoms in total. The Morgan fingerprint density at radius 1 is 1.53 bits per heavy atom. The molecule has 17 heavy (non-hydrogen) atoms. The molecule has 0 atom stereocenters. The number of aromatic nitrogens is 3. The second-order valence-corrected chi connectivity index (χ2v) is 3.20. The van der Waals surface area contributed by atoms with Gasteiger partial charge in [0.25, 0.3) is 0 Å². The molecule has 88 valence electrons. The molecular weight excluding hydrogens is 226 g/mol. The second-order valence-electron chi connectivity index (χ2n) is 3.20. The summed E-state index contributed by atoms with van der Waals surface area (Å²) in [7, 11) is 0. The monoisotopic (exact) mass is 235 g/mol. The van der Waals surface area contributed by atoms with E-state index >= 15 is 0 Å². The molecular formula is C10H9N3O4. The van der Waals surface area contributed by atoms with Crippen LogP contribution in [0.3, 0.4) is 0 Å². The van der Waals surface area contributed by atoms with Crippen LogP contribution in [0.4, 0.5) is 0 Å². The van der Waals surface area contributed by atoms with Crippen LogP contribution in [0.15, 0.2) is 22.9 Å². The van der Waals surface area contributed by atoms with Gasteiger partial charge in [0.2, 0.25) is 11.7 Å². The lowest BCUT2D eigenvalue weighted by atomic mass is 10.3. The molecule has 0 fully saturated rings. The Bertz CT molecular complexity index is 521. The third-order valence-corrected chi connectivity index (χ3v) is 1.89. The quantitative estimate of drug-likeness (QED) is 0.845. The van der Waals surface area contributed by atoms with Crippen molar-refractivity contribution in [2.75, 3.05) is 0 Å². The van der Waals surface area contributed by atoms with Crippen LogP contribution in [0.1, 0.15) is 22.2 Å². The average molecular weight is 235 g/mol. The molecule has 0 unspecified atom stereocenters. The fraction of sp³-hybridized carbons (Fsp3) is 0.200. The van der Waals surface area contributed by atoms with Crippen LogP contribution in [0.25, 0.3) is 0 Å². The number of pyridine rings is 1. The summed E-state index contributed by atoms with van der Waals surface area (Å²) in [6, 6.07) is 2.88. The molecule has 0 aliphatic rings. The summed E-state index contributed by atoms with van der Waals surface area (Å²) >= 11 is 0. The maximum atomic E-state index is 10.6. The van der Waals surface area contributed by atoms with E-state index in [0.29, 0.717) is 17.5 Å². The molecule has 2 rings (SSSR count). The van der Waals surface area contributed by atoms with E-state index in [1.807, 2.05) is 0 Å². The molecule has 2 aromatic heterocycles. The molecule has 0 bridgehead atoms. The fourth-order valence-corrected chi connectivity index (χ4v) is 1.14. The zero-order valence-electron chi connectivity index (χ0n) is 8.95. The molecule has 2 heterocycles. The molecule has 2 aromatic rings. The minimum Gasteiger partial charge on any atom is -0.484 e. The zero-order valence-corrected chi connectivity index (χ0v) is 8.95. The predicted molar refractivity (Wildman–Crippen MR) is 54.6 cm³/mol. The van der Waals surface area contributed by atoms with Crippen LogP contribution < -0.4 is 4.74 Å². The molecule has 0 spiro atoms. The lowest BCUT2D eigenvalue weighted by Crippen LogP contribution is -2.01. The second kappa shape index (κ2) is 4.60.